The van der Waals surface area contributed by atoms with E-state index >= 15 is 0 Å². The molecule has 0 fully saturated rings. The van der Waals surface area contributed by atoms with Gasteiger partial charge in [-0.05, 0) is 6.07 Å². The highest BCUT2D eigenvalue weighted by atomic mass is 19.4. The molecule has 1 rings (SSSR count). The van der Waals surface area contributed by atoms with Gasteiger partial charge in [-0.25, -0.2) is 13.8 Å². The molecule has 1 aromatic rings. The molecule has 0 unspecified atom stereocenters. The number of alkyl halides is 5. The SMILES string of the molecule is NCc1nc(C(F)(F)F)c(C(N)=O)cc1C(F)F. The molecule has 0 aliphatic rings. The van der Waals surface area contributed by atoms with Gasteiger partial charge in [-0.15, -0.1) is 0 Å². The van der Waals surface area contributed by atoms with E-state index in [2.05, 4.69) is 4.98 Å². The van der Waals surface area contributed by atoms with Crippen LogP contribution in [0.4, 0.5) is 22.0 Å². The van der Waals surface area contributed by atoms with Crippen molar-refractivity contribution in [3.63, 3.8) is 0 Å². The summed E-state index contributed by atoms with van der Waals surface area (Å²) in [6.07, 6.45) is -8.08. The molecule has 100 valence electrons. The minimum atomic E-state index is -4.98. The van der Waals surface area contributed by atoms with E-state index in [1.807, 2.05) is 0 Å². The first-order valence-corrected chi connectivity index (χ1v) is 4.57. The van der Waals surface area contributed by atoms with Crippen LogP contribution in [0.2, 0.25) is 0 Å². The van der Waals surface area contributed by atoms with Crippen molar-refractivity contribution in [2.45, 2.75) is 19.1 Å². The Morgan fingerprint density at radius 2 is 1.94 bits per heavy atom. The molecule has 0 radical (unpaired) electrons. The average Bonchev–Trinajstić information content (AvgIpc) is 2.25. The number of carbonyl (C=O) groups is 1. The molecule has 0 saturated heterocycles. The van der Waals surface area contributed by atoms with E-state index in [0.717, 1.165) is 0 Å². The third-order valence-corrected chi connectivity index (χ3v) is 2.10. The van der Waals surface area contributed by atoms with Crippen LogP contribution in [0.5, 0.6) is 0 Å². The van der Waals surface area contributed by atoms with Gasteiger partial charge >= 0.3 is 6.18 Å². The fourth-order valence-corrected chi connectivity index (χ4v) is 1.32. The Kier molecular flexibility index (Phi) is 3.85. The Hall–Kier alpha value is -1.77. The molecular formula is C9H8F5N3O. The lowest BCUT2D eigenvalue weighted by Gasteiger charge is -2.14. The minimum Gasteiger partial charge on any atom is -0.366 e. The third-order valence-electron chi connectivity index (χ3n) is 2.10. The smallest absolute Gasteiger partial charge is 0.366 e. The monoisotopic (exact) mass is 269 g/mol. The van der Waals surface area contributed by atoms with Gasteiger partial charge in [0, 0.05) is 12.1 Å². The van der Waals surface area contributed by atoms with Gasteiger partial charge in [0.25, 0.3) is 12.3 Å². The number of nitrogens with zero attached hydrogens (tertiary/aromatic N) is 1. The summed E-state index contributed by atoms with van der Waals surface area (Å²) in [5.74, 6) is -1.49. The third kappa shape index (κ3) is 2.73. The summed E-state index contributed by atoms with van der Waals surface area (Å²) in [6, 6.07) is 0.380. The maximum Gasteiger partial charge on any atom is 0.434 e. The van der Waals surface area contributed by atoms with Crippen molar-refractivity contribution >= 4 is 5.91 Å². The van der Waals surface area contributed by atoms with E-state index in [1.54, 1.807) is 0 Å². The van der Waals surface area contributed by atoms with E-state index < -0.39 is 47.6 Å². The second-order valence-electron chi connectivity index (χ2n) is 3.29. The molecule has 1 amide bonds. The minimum absolute atomic E-state index is 0.380. The number of primary amides is 1. The maximum absolute atomic E-state index is 12.6. The summed E-state index contributed by atoms with van der Waals surface area (Å²) >= 11 is 0. The molecule has 1 heterocycles. The summed E-state index contributed by atoms with van der Waals surface area (Å²) in [5, 5.41) is 0. The van der Waals surface area contributed by atoms with Crippen LogP contribution in [0.25, 0.3) is 0 Å². The molecule has 4 N–H and O–H groups in total. The average molecular weight is 269 g/mol. The molecular weight excluding hydrogens is 261 g/mol. The van der Waals surface area contributed by atoms with E-state index in [-0.39, 0.29) is 0 Å². The quantitative estimate of drug-likeness (QED) is 0.817. The van der Waals surface area contributed by atoms with Crippen molar-refractivity contribution in [3.8, 4) is 0 Å². The summed E-state index contributed by atoms with van der Waals surface area (Å²) in [7, 11) is 0. The van der Waals surface area contributed by atoms with Crippen LogP contribution in [-0.4, -0.2) is 10.9 Å². The molecule has 18 heavy (non-hydrogen) atoms. The van der Waals surface area contributed by atoms with Crippen LogP contribution in [0.3, 0.4) is 0 Å². The number of amides is 1. The molecule has 0 aliphatic heterocycles. The summed E-state index contributed by atoms with van der Waals surface area (Å²) < 4.78 is 62.8. The second kappa shape index (κ2) is 4.84. The normalized spacial score (nSPS) is 11.9. The van der Waals surface area contributed by atoms with Crippen molar-refractivity contribution in [1.29, 1.82) is 0 Å². The van der Waals surface area contributed by atoms with Gasteiger partial charge in [0.1, 0.15) is 0 Å². The van der Waals surface area contributed by atoms with Crippen LogP contribution in [0.1, 0.15) is 33.7 Å². The Bertz CT molecular complexity index is 472. The van der Waals surface area contributed by atoms with Crippen molar-refractivity contribution in [2.75, 3.05) is 0 Å². The standard InChI is InChI=1S/C9H8F5N3O/c10-7(11)3-1-4(8(16)18)6(9(12,13)14)17-5(3)2-15/h1,7H,2,15H2,(H2,16,18). The number of rotatable bonds is 3. The van der Waals surface area contributed by atoms with Gasteiger partial charge in [0.2, 0.25) is 0 Å². The van der Waals surface area contributed by atoms with Crippen molar-refractivity contribution < 1.29 is 26.7 Å². The van der Waals surface area contributed by atoms with E-state index in [1.165, 1.54) is 0 Å². The molecule has 1 aromatic heterocycles. The molecule has 0 atom stereocenters. The first-order chi connectivity index (χ1) is 8.18. The molecule has 0 aliphatic carbocycles. The van der Waals surface area contributed by atoms with Crippen LogP contribution in [0.15, 0.2) is 6.07 Å². The van der Waals surface area contributed by atoms with Gasteiger partial charge in [0.15, 0.2) is 5.69 Å². The van der Waals surface area contributed by atoms with Crippen LogP contribution in [0, 0.1) is 0 Å². The van der Waals surface area contributed by atoms with Crippen molar-refractivity contribution in [1.82, 2.24) is 4.98 Å². The first kappa shape index (κ1) is 14.3. The number of carbonyl (C=O) groups excluding carboxylic acids is 1. The summed E-state index contributed by atoms with van der Waals surface area (Å²) in [4.78, 5) is 13.8. The summed E-state index contributed by atoms with van der Waals surface area (Å²) in [5.41, 5.74) is 5.59. The lowest BCUT2D eigenvalue weighted by molar-refractivity contribution is -0.141. The highest BCUT2D eigenvalue weighted by molar-refractivity contribution is 5.94. The zero-order valence-electron chi connectivity index (χ0n) is 8.76. The molecule has 0 aromatic carbocycles. The van der Waals surface area contributed by atoms with Gasteiger partial charge < -0.3 is 11.5 Å². The van der Waals surface area contributed by atoms with Crippen molar-refractivity contribution in [3.05, 3.63) is 28.6 Å². The number of aromatic nitrogens is 1. The number of nitrogens with two attached hydrogens (primary N) is 2. The lowest BCUT2D eigenvalue weighted by Crippen LogP contribution is -2.23. The highest BCUT2D eigenvalue weighted by Gasteiger charge is 2.38. The second-order valence-corrected chi connectivity index (χ2v) is 3.29. The largest absolute Gasteiger partial charge is 0.434 e. The van der Waals surface area contributed by atoms with Gasteiger partial charge in [-0.2, -0.15) is 13.2 Å². The number of hydrogen-bond acceptors (Lipinski definition) is 3. The van der Waals surface area contributed by atoms with Gasteiger partial charge in [-0.1, -0.05) is 0 Å². The van der Waals surface area contributed by atoms with Crippen molar-refractivity contribution in [2.24, 2.45) is 11.5 Å². The predicted octanol–water partition coefficient (Wildman–Crippen LogP) is 1.60. The lowest BCUT2D eigenvalue weighted by atomic mass is 10.1. The first-order valence-electron chi connectivity index (χ1n) is 4.57. The van der Waals surface area contributed by atoms with E-state index in [4.69, 9.17) is 11.5 Å². The summed E-state index contributed by atoms with van der Waals surface area (Å²) in [6.45, 7) is -0.609. The molecule has 0 bridgehead atoms. The zero-order valence-corrected chi connectivity index (χ0v) is 8.76. The molecule has 9 heteroatoms. The Morgan fingerprint density at radius 3 is 2.28 bits per heavy atom. The Balaban J connectivity index is 3.58. The van der Waals surface area contributed by atoms with Crippen LogP contribution >= 0.6 is 0 Å². The molecule has 0 spiro atoms. The number of pyridine rings is 1. The van der Waals surface area contributed by atoms with Gasteiger partial charge in [-0.3, -0.25) is 4.79 Å². The van der Waals surface area contributed by atoms with E-state index in [0.29, 0.717) is 6.07 Å². The highest BCUT2D eigenvalue weighted by Crippen LogP contribution is 2.33. The van der Waals surface area contributed by atoms with E-state index in [9.17, 15) is 26.7 Å². The molecule has 0 saturated carbocycles. The topological polar surface area (TPSA) is 82.0 Å². The van der Waals surface area contributed by atoms with Crippen LogP contribution < -0.4 is 11.5 Å². The molecule has 4 nitrogen and oxygen atoms in total. The number of halogens is 5. The Morgan fingerprint density at radius 1 is 1.39 bits per heavy atom. The fourth-order valence-electron chi connectivity index (χ4n) is 1.32. The zero-order chi connectivity index (χ0) is 14.1. The fraction of sp³-hybridized carbons (Fsp3) is 0.333. The number of hydrogen-bond donors (Lipinski definition) is 2. The van der Waals surface area contributed by atoms with Crippen LogP contribution in [-0.2, 0) is 12.7 Å². The predicted molar refractivity (Wildman–Crippen MR) is 50.6 cm³/mol. The van der Waals surface area contributed by atoms with Gasteiger partial charge in [0.05, 0.1) is 11.3 Å². The Labute approximate surface area is 97.8 Å². The maximum atomic E-state index is 12.6.